The lowest BCUT2D eigenvalue weighted by molar-refractivity contribution is -0.148. The van der Waals surface area contributed by atoms with Crippen molar-refractivity contribution in [1.82, 2.24) is 25.1 Å². The Hall–Kier alpha value is -3.24. The van der Waals surface area contributed by atoms with Gasteiger partial charge in [0.05, 0.1) is 23.3 Å². The van der Waals surface area contributed by atoms with E-state index in [1.807, 2.05) is 6.20 Å². The van der Waals surface area contributed by atoms with Crippen LogP contribution in [0.25, 0.3) is 10.9 Å². The monoisotopic (exact) mass is 437 g/mol. The van der Waals surface area contributed by atoms with Crippen molar-refractivity contribution in [3.8, 4) is 5.88 Å². The molecule has 11 heteroatoms. The SMILES string of the molecule is Cc1cc(Cn2cc3c(C4(NC=O)CC4)nccc3n2)cnc1OCC(F)(F)C(F)F. The van der Waals surface area contributed by atoms with Gasteiger partial charge in [-0.05, 0) is 37.5 Å². The average molecular weight is 437 g/mol. The fraction of sp³-hybridized carbons (Fsp3) is 0.400. The molecule has 1 aliphatic rings. The summed E-state index contributed by atoms with van der Waals surface area (Å²) in [5, 5.41) is 8.20. The number of amides is 1. The summed E-state index contributed by atoms with van der Waals surface area (Å²) < 4.78 is 57.1. The van der Waals surface area contributed by atoms with Crippen LogP contribution < -0.4 is 10.1 Å². The van der Waals surface area contributed by atoms with Crippen molar-refractivity contribution in [2.75, 3.05) is 6.61 Å². The van der Waals surface area contributed by atoms with Crippen LogP contribution in [-0.2, 0) is 16.9 Å². The molecule has 31 heavy (non-hydrogen) atoms. The number of hydrogen-bond donors (Lipinski definition) is 1. The summed E-state index contributed by atoms with van der Waals surface area (Å²) in [6.45, 7) is 0.480. The minimum atomic E-state index is -4.24. The number of nitrogens with zero attached hydrogens (tertiary/aromatic N) is 4. The Morgan fingerprint density at radius 3 is 2.77 bits per heavy atom. The second-order valence-electron chi connectivity index (χ2n) is 7.58. The van der Waals surface area contributed by atoms with Gasteiger partial charge in [0.25, 0.3) is 0 Å². The molecule has 0 bridgehead atoms. The molecule has 1 amide bonds. The molecular formula is C20H19F4N5O2. The molecule has 0 aliphatic heterocycles. The number of nitrogens with one attached hydrogen (secondary N) is 1. The molecule has 7 nitrogen and oxygen atoms in total. The van der Waals surface area contributed by atoms with Crippen LogP contribution in [-0.4, -0.2) is 45.1 Å². The quantitative estimate of drug-likeness (QED) is 0.411. The van der Waals surface area contributed by atoms with Gasteiger partial charge in [-0.15, -0.1) is 0 Å². The molecule has 1 aliphatic carbocycles. The zero-order valence-electron chi connectivity index (χ0n) is 16.5. The number of ether oxygens (including phenoxy) is 1. The number of aromatic nitrogens is 4. The first-order valence-electron chi connectivity index (χ1n) is 9.52. The van der Waals surface area contributed by atoms with E-state index in [9.17, 15) is 22.4 Å². The number of pyridine rings is 2. The van der Waals surface area contributed by atoms with Gasteiger partial charge in [0.2, 0.25) is 12.3 Å². The van der Waals surface area contributed by atoms with E-state index in [1.165, 1.54) is 6.20 Å². The molecule has 1 N–H and O–H groups in total. The molecule has 3 heterocycles. The van der Waals surface area contributed by atoms with Gasteiger partial charge in [-0.25, -0.2) is 13.8 Å². The van der Waals surface area contributed by atoms with Crippen LogP contribution in [0.5, 0.6) is 5.88 Å². The predicted molar refractivity (Wildman–Crippen MR) is 102 cm³/mol. The largest absolute Gasteiger partial charge is 0.471 e. The Labute approximate surface area is 174 Å². The fourth-order valence-electron chi connectivity index (χ4n) is 3.42. The molecular weight excluding hydrogens is 418 g/mol. The summed E-state index contributed by atoms with van der Waals surface area (Å²) in [7, 11) is 0. The summed E-state index contributed by atoms with van der Waals surface area (Å²) in [6.07, 6.45) is 3.37. The number of alkyl halides is 4. The molecule has 1 saturated carbocycles. The van der Waals surface area contributed by atoms with Crippen molar-refractivity contribution < 1.29 is 27.1 Å². The second kappa shape index (κ2) is 7.78. The lowest BCUT2D eigenvalue weighted by atomic mass is 10.1. The Kier molecular flexibility index (Phi) is 5.28. The van der Waals surface area contributed by atoms with Crippen molar-refractivity contribution in [3.63, 3.8) is 0 Å². The molecule has 0 spiro atoms. The number of halogens is 4. The van der Waals surface area contributed by atoms with E-state index in [4.69, 9.17) is 4.74 Å². The Balaban J connectivity index is 1.52. The van der Waals surface area contributed by atoms with E-state index in [0.29, 0.717) is 18.5 Å². The average Bonchev–Trinajstić information content (AvgIpc) is 3.37. The number of aryl methyl sites for hydroxylation is 1. The minimum absolute atomic E-state index is 0.128. The molecule has 0 aromatic carbocycles. The highest BCUT2D eigenvalue weighted by Gasteiger charge is 2.46. The first-order chi connectivity index (χ1) is 14.7. The number of carbonyl (C=O) groups is 1. The predicted octanol–water partition coefficient (Wildman–Crippen LogP) is 3.20. The summed E-state index contributed by atoms with van der Waals surface area (Å²) >= 11 is 0. The van der Waals surface area contributed by atoms with E-state index in [2.05, 4.69) is 20.4 Å². The van der Waals surface area contributed by atoms with E-state index in [1.54, 1.807) is 29.9 Å². The number of rotatable bonds is 9. The summed E-state index contributed by atoms with van der Waals surface area (Å²) in [5.41, 5.74) is 2.20. The van der Waals surface area contributed by atoms with Crippen LogP contribution in [0.4, 0.5) is 17.6 Å². The van der Waals surface area contributed by atoms with Crippen LogP contribution in [0.3, 0.4) is 0 Å². The van der Waals surface area contributed by atoms with Crippen molar-refractivity contribution in [1.29, 1.82) is 0 Å². The lowest BCUT2D eigenvalue weighted by Gasteiger charge is -2.16. The molecule has 3 aromatic heterocycles. The van der Waals surface area contributed by atoms with Gasteiger partial charge in [0.1, 0.15) is 0 Å². The number of carbonyl (C=O) groups excluding carboxylic acids is 1. The standard InChI is InChI=1S/C20H19F4N5O2/c1-12-6-13(7-26-17(12)31-10-20(23,24)18(21)22)8-29-9-14-15(28-29)2-5-25-16(14)19(3-4-19)27-11-30/h2,5-7,9,11,18H,3-4,8,10H2,1H3,(H,27,30). The normalized spacial score (nSPS) is 15.3. The lowest BCUT2D eigenvalue weighted by Crippen LogP contribution is -2.34. The van der Waals surface area contributed by atoms with E-state index >= 15 is 0 Å². The number of fused-ring (bicyclic) bond motifs is 1. The highest BCUT2D eigenvalue weighted by molar-refractivity contribution is 5.82. The van der Waals surface area contributed by atoms with Crippen molar-refractivity contribution >= 4 is 17.3 Å². The molecule has 164 valence electrons. The molecule has 1 fully saturated rings. The zero-order valence-corrected chi connectivity index (χ0v) is 16.5. The summed E-state index contributed by atoms with van der Waals surface area (Å²) in [5.74, 6) is -4.37. The third kappa shape index (κ3) is 4.17. The molecule has 0 atom stereocenters. The van der Waals surface area contributed by atoms with Gasteiger partial charge in [-0.3, -0.25) is 14.5 Å². The molecule has 4 rings (SSSR count). The first kappa shape index (κ1) is 21.0. The van der Waals surface area contributed by atoms with Crippen molar-refractivity contribution in [2.45, 2.75) is 44.2 Å². The van der Waals surface area contributed by atoms with Gasteiger partial charge in [-0.2, -0.15) is 13.9 Å². The van der Waals surface area contributed by atoms with Crippen LogP contribution in [0.2, 0.25) is 0 Å². The first-order valence-corrected chi connectivity index (χ1v) is 9.52. The Bertz CT molecular complexity index is 1110. The minimum Gasteiger partial charge on any atom is -0.471 e. The van der Waals surface area contributed by atoms with Gasteiger partial charge >= 0.3 is 12.3 Å². The molecule has 0 radical (unpaired) electrons. The van der Waals surface area contributed by atoms with Crippen molar-refractivity contribution in [2.24, 2.45) is 0 Å². The van der Waals surface area contributed by atoms with Crippen LogP contribution in [0, 0.1) is 6.92 Å². The topological polar surface area (TPSA) is 81.9 Å². The van der Waals surface area contributed by atoms with E-state index in [-0.39, 0.29) is 5.88 Å². The molecule has 0 saturated heterocycles. The van der Waals surface area contributed by atoms with E-state index in [0.717, 1.165) is 35.0 Å². The fourth-order valence-corrected chi connectivity index (χ4v) is 3.42. The van der Waals surface area contributed by atoms with Gasteiger partial charge in [0, 0.05) is 29.5 Å². The van der Waals surface area contributed by atoms with Crippen LogP contribution >= 0.6 is 0 Å². The highest BCUT2D eigenvalue weighted by Crippen LogP contribution is 2.46. The Morgan fingerprint density at radius 1 is 1.35 bits per heavy atom. The number of hydrogen-bond acceptors (Lipinski definition) is 5. The Morgan fingerprint density at radius 2 is 2.13 bits per heavy atom. The molecule has 3 aromatic rings. The van der Waals surface area contributed by atoms with Crippen LogP contribution in [0.15, 0.2) is 30.7 Å². The van der Waals surface area contributed by atoms with Gasteiger partial charge in [0.15, 0.2) is 6.61 Å². The smallest absolute Gasteiger partial charge is 0.340 e. The third-order valence-electron chi connectivity index (χ3n) is 5.17. The van der Waals surface area contributed by atoms with Crippen LogP contribution in [0.1, 0.15) is 29.7 Å². The van der Waals surface area contributed by atoms with Gasteiger partial charge < -0.3 is 10.1 Å². The second-order valence-corrected chi connectivity index (χ2v) is 7.58. The van der Waals surface area contributed by atoms with E-state index < -0.39 is 24.5 Å². The maximum Gasteiger partial charge on any atom is 0.340 e. The highest BCUT2D eigenvalue weighted by atomic mass is 19.3. The summed E-state index contributed by atoms with van der Waals surface area (Å²) in [4.78, 5) is 19.4. The maximum atomic E-state index is 13.1. The molecule has 0 unspecified atom stereocenters. The van der Waals surface area contributed by atoms with Crippen molar-refractivity contribution in [3.05, 3.63) is 47.5 Å². The summed E-state index contributed by atoms with van der Waals surface area (Å²) in [6, 6.07) is 3.45. The maximum absolute atomic E-state index is 13.1. The zero-order chi connectivity index (χ0) is 22.2. The van der Waals surface area contributed by atoms with Gasteiger partial charge in [-0.1, -0.05) is 0 Å². The third-order valence-corrected chi connectivity index (χ3v) is 5.17.